The first-order valence-corrected chi connectivity index (χ1v) is 7.18. The molecule has 16 heteroatoms. The maximum atomic E-state index is 10.4. The molecule has 1 fully saturated rings. The van der Waals surface area contributed by atoms with Crippen LogP contribution < -0.4 is 28.3 Å². The highest BCUT2D eigenvalue weighted by molar-refractivity contribution is 6.02. The number of carbonyl (C=O) groups excluding carboxylic acids is 4. The number of carbonyl (C=O) groups is 4. The van der Waals surface area contributed by atoms with Crippen molar-refractivity contribution < 1.29 is 44.7 Å². The Labute approximate surface area is 159 Å². The van der Waals surface area contributed by atoms with Gasteiger partial charge in [-0.15, -0.1) is 0 Å². The number of amides is 5. The minimum absolute atomic E-state index is 0.0258. The molecule has 16 nitrogen and oxygen atoms in total. The number of nitrogens with zero attached hydrogens (tertiary/aromatic N) is 1. The van der Waals surface area contributed by atoms with Gasteiger partial charge in [-0.3, -0.25) is 15.5 Å². The highest BCUT2D eigenvalue weighted by atomic mass is 16.4. The molecule has 1 aliphatic rings. The Morgan fingerprint density at radius 2 is 1.54 bits per heavy atom. The number of aliphatic hydroxyl groups excluding tert-OH is 5. The lowest BCUT2D eigenvalue weighted by Crippen LogP contribution is -2.46. The normalized spacial score (nSPS) is 16.3. The molecule has 0 bridgehead atoms. The Bertz CT molecular complexity index is 500. The topological polar surface area (TPSA) is 313 Å². The fraction of sp³-hybridized carbons (Fsp3) is 0.583. The number of rotatable bonds is 5. The van der Waals surface area contributed by atoms with E-state index in [4.69, 9.17) is 40.5 Å². The Balaban J connectivity index is -0.000000334. The number of nitrogens with one attached hydrogen (secondary N) is 2. The van der Waals surface area contributed by atoms with Gasteiger partial charge in [0.2, 0.25) is 5.91 Å². The van der Waals surface area contributed by atoms with Crippen LogP contribution >= 0.6 is 0 Å². The maximum absolute atomic E-state index is 10.4. The van der Waals surface area contributed by atoms with Gasteiger partial charge >= 0.3 is 12.1 Å². The number of hydrogen-bond acceptors (Lipinski definition) is 10. The van der Waals surface area contributed by atoms with E-state index >= 15 is 0 Å². The highest BCUT2D eigenvalue weighted by Gasteiger charge is 2.29. The number of aldehydes is 1. The minimum atomic E-state index is -1.79. The van der Waals surface area contributed by atoms with Gasteiger partial charge in [-0.2, -0.15) is 0 Å². The van der Waals surface area contributed by atoms with Crippen LogP contribution in [0.3, 0.4) is 0 Å². The van der Waals surface area contributed by atoms with Gasteiger partial charge in [-0.25, -0.2) is 9.59 Å². The summed E-state index contributed by atoms with van der Waals surface area (Å²) in [6, 6.07) is -1.67. The molecule has 28 heavy (non-hydrogen) atoms. The maximum Gasteiger partial charge on any atom is 0.309 e. The van der Waals surface area contributed by atoms with Gasteiger partial charge in [-0.1, -0.05) is 0 Å². The molecule has 0 radical (unpaired) electrons. The van der Waals surface area contributed by atoms with Crippen molar-refractivity contribution in [2.45, 2.75) is 24.4 Å². The molecule has 0 unspecified atom stereocenters. The summed E-state index contributed by atoms with van der Waals surface area (Å²) in [5.74, 6) is 0.0903. The summed E-state index contributed by atoms with van der Waals surface area (Å²) in [5, 5.41) is 52.9. The van der Waals surface area contributed by atoms with Crippen LogP contribution in [0, 0.1) is 5.41 Å². The lowest BCUT2D eigenvalue weighted by atomic mass is 10.0. The zero-order valence-corrected chi connectivity index (χ0v) is 14.9. The van der Waals surface area contributed by atoms with Crippen molar-refractivity contribution in [3.63, 3.8) is 0 Å². The summed E-state index contributed by atoms with van der Waals surface area (Å²) in [6.45, 7) is -0.442. The van der Waals surface area contributed by atoms with Gasteiger partial charge in [0.15, 0.2) is 12.2 Å². The van der Waals surface area contributed by atoms with Crippen LogP contribution in [0.15, 0.2) is 0 Å². The molecule has 0 aliphatic carbocycles. The number of nitrogens with two attached hydrogens (primary N) is 4. The van der Waals surface area contributed by atoms with E-state index in [9.17, 15) is 9.59 Å². The lowest BCUT2D eigenvalue weighted by molar-refractivity contribution is -0.136. The quantitative estimate of drug-likeness (QED) is 0.189. The molecule has 4 atom stereocenters. The second-order valence-electron chi connectivity index (χ2n) is 4.92. The molecule has 0 aromatic carbocycles. The number of likely N-dealkylation sites (N-methyl/N-ethyl adjacent to an activating group) is 1. The van der Waals surface area contributed by atoms with Gasteiger partial charge in [0, 0.05) is 7.05 Å². The van der Waals surface area contributed by atoms with E-state index in [1.807, 2.05) is 0 Å². The first kappa shape index (κ1) is 29.7. The van der Waals surface area contributed by atoms with Crippen LogP contribution in [0.2, 0.25) is 0 Å². The van der Waals surface area contributed by atoms with Crippen molar-refractivity contribution in [1.82, 2.24) is 10.2 Å². The molecule has 0 saturated carbocycles. The summed E-state index contributed by atoms with van der Waals surface area (Å²) in [5.41, 5.74) is 17.0. The van der Waals surface area contributed by atoms with Crippen molar-refractivity contribution in [3.05, 3.63) is 0 Å². The predicted octanol–water partition coefficient (Wildman–Crippen LogP) is -6.35. The predicted molar refractivity (Wildman–Crippen MR) is 93.2 cm³/mol. The van der Waals surface area contributed by atoms with Crippen LogP contribution in [-0.4, -0.2) is 105 Å². The van der Waals surface area contributed by atoms with E-state index in [1.54, 1.807) is 11.9 Å². The summed E-state index contributed by atoms with van der Waals surface area (Å²) < 4.78 is 0. The molecule has 164 valence electrons. The van der Waals surface area contributed by atoms with Crippen LogP contribution in [0.25, 0.3) is 0 Å². The zero-order chi connectivity index (χ0) is 23.0. The average molecular weight is 413 g/mol. The summed E-state index contributed by atoms with van der Waals surface area (Å²) in [6.07, 6.45) is -6.84. The standard InChI is InChI=1S/C6H12O6.C4H7N3O.2CH4N2O/c7-1-3(9)5(11)6(12)4(10)2-8;1-7-2-3(8)6-4(7)5;2*2-1(3)4/h1,3-6,8-12H,2H2;2H2,1H3,(H2,5,6,8);2*(H4,2,3,4)/t3-,4+,5+,6+;;;/m0.../s1. The number of guanidine groups is 1. The van der Waals surface area contributed by atoms with E-state index in [-0.39, 0.29) is 18.2 Å². The Hall–Kier alpha value is -3.05. The summed E-state index contributed by atoms with van der Waals surface area (Å²) in [7, 11) is 1.69. The second kappa shape index (κ2) is 16.1. The van der Waals surface area contributed by atoms with Gasteiger partial charge < -0.3 is 58.2 Å². The lowest BCUT2D eigenvalue weighted by Gasteiger charge is -2.22. The third-order valence-electron chi connectivity index (χ3n) is 2.44. The smallest absolute Gasteiger partial charge is 0.309 e. The van der Waals surface area contributed by atoms with E-state index < -0.39 is 43.1 Å². The third kappa shape index (κ3) is 17.8. The third-order valence-corrected chi connectivity index (χ3v) is 2.44. The molecular formula is C12H27N7O9. The van der Waals surface area contributed by atoms with Crippen LogP contribution in [-0.2, 0) is 9.59 Å². The molecule has 0 aromatic rings. The van der Waals surface area contributed by atoms with Crippen LogP contribution in [0.5, 0.6) is 0 Å². The Kier molecular flexibility index (Phi) is 17.1. The molecule has 1 saturated heterocycles. The van der Waals surface area contributed by atoms with Crippen molar-refractivity contribution in [3.8, 4) is 0 Å². The number of urea groups is 2. The van der Waals surface area contributed by atoms with Crippen molar-refractivity contribution in [2.24, 2.45) is 22.9 Å². The number of hydrogen-bond donors (Lipinski definition) is 11. The zero-order valence-electron chi connectivity index (χ0n) is 14.9. The number of primary amides is 4. The van der Waals surface area contributed by atoms with Crippen molar-refractivity contribution in [2.75, 3.05) is 20.2 Å². The molecule has 0 spiro atoms. The fourth-order valence-corrected chi connectivity index (χ4v) is 1.18. The molecule has 1 aliphatic heterocycles. The highest BCUT2D eigenvalue weighted by Crippen LogP contribution is 2.02. The van der Waals surface area contributed by atoms with Gasteiger partial charge in [0.1, 0.15) is 24.4 Å². The Morgan fingerprint density at radius 1 is 1.14 bits per heavy atom. The minimum Gasteiger partial charge on any atom is -0.394 e. The monoisotopic (exact) mass is 413 g/mol. The molecular weight excluding hydrogens is 386 g/mol. The van der Waals surface area contributed by atoms with E-state index in [0.717, 1.165) is 0 Å². The van der Waals surface area contributed by atoms with Gasteiger partial charge in [0.05, 0.1) is 13.2 Å². The number of aliphatic hydroxyl groups is 5. The first-order chi connectivity index (χ1) is 12.7. The molecule has 15 N–H and O–H groups in total. The fourth-order valence-electron chi connectivity index (χ4n) is 1.18. The average Bonchev–Trinajstić information content (AvgIpc) is 2.87. The summed E-state index contributed by atoms with van der Waals surface area (Å²) in [4.78, 5) is 39.8. The summed E-state index contributed by atoms with van der Waals surface area (Å²) >= 11 is 0. The van der Waals surface area contributed by atoms with E-state index in [1.165, 1.54) is 0 Å². The Morgan fingerprint density at radius 3 is 1.71 bits per heavy atom. The van der Waals surface area contributed by atoms with Gasteiger partial charge in [0.25, 0.3) is 0 Å². The molecule has 5 amide bonds. The molecule has 1 heterocycles. The van der Waals surface area contributed by atoms with Crippen LogP contribution in [0.1, 0.15) is 0 Å². The van der Waals surface area contributed by atoms with Crippen molar-refractivity contribution in [1.29, 1.82) is 5.41 Å². The van der Waals surface area contributed by atoms with E-state index in [2.05, 4.69) is 28.3 Å². The van der Waals surface area contributed by atoms with Crippen molar-refractivity contribution >= 4 is 30.2 Å². The second-order valence-corrected chi connectivity index (χ2v) is 4.92. The van der Waals surface area contributed by atoms with Crippen LogP contribution in [0.4, 0.5) is 9.59 Å². The first-order valence-electron chi connectivity index (χ1n) is 7.18. The molecule has 0 aromatic heterocycles. The largest absolute Gasteiger partial charge is 0.394 e. The van der Waals surface area contributed by atoms with Gasteiger partial charge in [-0.05, 0) is 0 Å². The SMILES string of the molecule is CN1CC(=O)NC1=N.NC(N)=O.NC(N)=O.O=C[C@H](O)[C@@H](O)[C@H](O)[C@H](O)CO. The molecule has 1 rings (SSSR count). The van der Waals surface area contributed by atoms with E-state index in [0.29, 0.717) is 6.54 Å².